The monoisotopic (exact) mass is 270 g/mol. The number of pyridine rings is 1. The van der Waals surface area contributed by atoms with Crippen LogP contribution in [-0.4, -0.2) is 9.38 Å². The van der Waals surface area contributed by atoms with E-state index in [-0.39, 0.29) is 23.9 Å². The number of nitrogens with zero attached hydrogens (tertiary/aromatic N) is 2. The van der Waals surface area contributed by atoms with Crippen LogP contribution >= 0.6 is 24.0 Å². The summed E-state index contributed by atoms with van der Waals surface area (Å²) in [5.74, 6) is 0.184. The fourth-order valence-electron chi connectivity index (χ4n) is 1.28. The summed E-state index contributed by atoms with van der Waals surface area (Å²) in [5.41, 5.74) is 0.0955. The van der Waals surface area contributed by atoms with E-state index < -0.39 is 11.7 Å². The standard InChI is InChI=1S/C9H6ClF3N2.ClH/c10-4-7-5-15-2-1-6(9(11,12)13)3-8(15)14-7;/h1-3,5H,4H2;1H. The average Bonchev–Trinajstić information content (AvgIpc) is 2.57. The molecule has 0 spiro atoms. The highest BCUT2D eigenvalue weighted by Crippen LogP contribution is 2.29. The Morgan fingerprint density at radius 1 is 1.38 bits per heavy atom. The summed E-state index contributed by atoms with van der Waals surface area (Å²) >= 11 is 5.53. The van der Waals surface area contributed by atoms with Crippen molar-refractivity contribution in [1.82, 2.24) is 9.38 Å². The Labute approximate surface area is 100 Å². The van der Waals surface area contributed by atoms with Gasteiger partial charge < -0.3 is 4.40 Å². The first-order chi connectivity index (χ1) is 7.00. The van der Waals surface area contributed by atoms with Gasteiger partial charge in [-0.25, -0.2) is 4.98 Å². The SMILES string of the molecule is Cl.FC(F)(F)c1ccn2cc(CCl)nc2c1. The van der Waals surface area contributed by atoms with Crippen molar-refractivity contribution in [3.63, 3.8) is 0 Å². The van der Waals surface area contributed by atoms with Crippen molar-refractivity contribution in [2.75, 3.05) is 0 Å². The Hall–Kier alpha value is -0.940. The van der Waals surface area contributed by atoms with E-state index in [1.807, 2.05) is 0 Å². The maximum atomic E-state index is 12.3. The molecular formula is C9H7Cl2F3N2. The zero-order valence-corrected chi connectivity index (χ0v) is 9.40. The van der Waals surface area contributed by atoms with Gasteiger partial charge in [-0.2, -0.15) is 13.2 Å². The highest BCUT2D eigenvalue weighted by atomic mass is 35.5. The molecular weight excluding hydrogens is 264 g/mol. The molecule has 2 aromatic heterocycles. The van der Waals surface area contributed by atoms with Crippen LogP contribution in [0.25, 0.3) is 5.65 Å². The van der Waals surface area contributed by atoms with E-state index in [0.29, 0.717) is 5.69 Å². The lowest BCUT2D eigenvalue weighted by Crippen LogP contribution is -2.05. The van der Waals surface area contributed by atoms with Crippen molar-refractivity contribution >= 4 is 29.7 Å². The van der Waals surface area contributed by atoms with Gasteiger partial charge in [0.2, 0.25) is 0 Å². The number of halogens is 5. The van der Waals surface area contributed by atoms with Crippen LogP contribution < -0.4 is 0 Å². The van der Waals surface area contributed by atoms with Crippen molar-refractivity contribution in [2.45, 2.75) is 12.1 Å². The molecule has 0 saturated heterocycles. The molecule has 2 nitrogen and oxygen atoms in total. The minimum atomic E-state index is -4.34. The number of hydrogen-bond donors (Lipinski definition) is 0. The number of imidazole rings is 1. The van der Waals surface area contributed by atoms with Gasteiger partial charge in [-0.1, -0.05) is 0 Å². The van der Waals surface area contributed by atoms with Crippen LogP contribution in [0, 0.1) is 0 Å². The third-order valence-electron chi connectivity index (χ3n) is 1.97. The Morgan fingerprint density at radius 2 is 2.06 bits per heavy atom. The Morgan fingerprint density at radius 3 is 2.62 bits per heavy atom. The molecule has 0 aromatic carbocycles. The molecule has 2 rings (SSSR count). The van der Waals surface area contributed by atoms with Gasteiger partial charge in [0.15, 0.2) is 0 Å². The van der Waals surface area contributed by atoms with Crippen molar-refractivity contribution in [2.24, 2.45) is 0 Å². The van der Waals surface area contributed by atoms with E-state index in [4.69, 9.17) is 11.6 Å². The first kappa shape index (κ1) is 13.1. The summed E-state index contributed by atoms with van der Waals surface area (Å²) in [5, 5.41) is 0. The van der Waals surface area contributed by atoms with E-state index in [0.717, 1.165) is 12.1 Å². The van der Waals surface area contributed by atoms with Crippen LogP contribution in [0.15, 0.2) is 24.5 Å². The molecule has 0 radical (unpaired) electrons. The molecule has 0 aliphatic rings. The molecule has 0 aliphatic carbocycles. The molecule has 2 heterocycles. The number of hydrogen-bond acceptors (Lipinski definition) is 1. The van der Waals surface area contributed by atoms with Crippen molar-refractivity contribution in [1.29, 1.82) is 0 Å². The molecule has 0 unspecified atom stereocenters. The number of aromatic nitrogens is 2. The average molecular weight is 271 g/mol. The molecule has 0 atom stereocenters. The molecule has 16 heavy (non-hydrogen) atoms. The van der Waals surface area contributed by atoms with Crippen LogP contribution in [0.3, 0.4) is 0 Å². The van der Waals surface area contributed by atoms with Gasteiger partial charge in [0.25, 0.3) is 0 Å². The second-order valence-corrected chi connectivity index (χ2v) is 3.31. The normalized spacial score (nSPS) is 11.5. The maximum Gasteiger partial charge on any atom is 0.416 e. The molecule has 0 aliphatic heterocycles. The van der Waals surface area contributed by atoms with E-state index in [9.17, 15) is 13.2 Å². The van der Waals surface area contributed by atoms with E-state index in [1.165, 1.54) is 10.6 Å². The van der Waals surface area contributed by atoms with E-state index in [2.05, 4.69) is 4.98 Å². The summed E-state index contributed by atoms with van der Waals surface area (Å²) in [6.45, 7) is 0. The van der Waals surface area contributed by atoms with Gasteiger partial charge in [0.1, 0.15) is 5.65 Å². The molecule has 2 aromatic rings. The highest BCUT2D eigenvalue weighted by molar-refractivity contribution is 6.16. The van der Waals surface area contributed by atoms with E-state index >= 15 is 0 Å². The smallest absolute Gasteiger partial charge is 0.307 e. The first-order valence-electron chi connectivity index (χ1n) is 4.11. The predicted molar refractivity (Wildman–Crippen MR) is 57.0 cm³/mol. The van der Waals surface area contributed by atoms with Gasteiger partial charge in [-0.15, -0.1) is 24.0 Å². The van der Waals surface area contributed by atoms with Crippen molar-refractivity contribution < 1.29 is 13.2 Å². The van der Waals surface area contributed by atoms with Crippen LogP contribution in [0.2, 0.25) is 0 Å². The number of alkyl halides is 4. The summed E-state index contributed by atoms with van der Waals surface area (Å²) < 4.78 is 38.5. The third kappa shape index (κ3) is 2.41. The van der Waals surface area contributed by atoms with Gasteiger partial charge >= 0.3 is 6.18 Å². The zero-order chi connectivity index (χ0) is 11.1. The molecule has 7 heteroatoms. The van der Waals surface area contributed by atoms with Gasteiger partial charge in [0, 0.05) is 12.4 Å². The molecule has 0 fully saturated rings. The number of rotatable bonds is 1. The second kappa shape index (κ2) is 4.51. The quantitative estimate of drug-likeness (QED) is 0.725. The highest BCUT2D eigenvalue weighted by Gasteiger charge is 2.30. The largest absolute Gasteiger partial charge is 0.416 e. The minimum Gasteiger partial charge on any atom is -0.307 e. The minimum absolute atomic E-state index is 0. The lowest BCUT2D eigenvalue weighted by Gasteiger charge is -2.05. The Balaban J connectivity index is 0.00000128. The zero-order valence-electron chi connectivity index (χ0n) is 7.83. The summed E-state index contributed by atoms with van der Waals surface area (Å²) in [6.07, 6.45) is -1.42. The van der Waals surface area contributed by atoms with Crippen molar-refractivity contribution in [3.8, 4) is 0 Å². The van der Waals surface area contributed by atoms with Gasteiger partial charge in [0.05, 0.1) is 17.1 Å². The topological polar surface area (TPSA) is 17.3 Å². The van der Waals surface area contributed by atoms with Crippen LogP contribution in [0.5, 0.6) is 0 Å². The molecule has 0 N–H and O–H groups in total. The Kier molecular flexibility index (Phi) is 3.70. The fraction of sp³-hybridized carbons (Fsp3) is 0.222. The fourth-order valence-corrected chi connectivity index (χ4v) is 1.40. The van der Waals surface area contributed by atoms with Crippen LogP contribution in [-0.2, 0) is 12.1 Å². The summed E-state index contributed by atoms with van der Waals surface area (Å²) in [7, 11) is 0. The predicted octanol–water partition coefficient (Wildman–Crippen LogP) is 3.51. The number of fused-ring (bicyclic) bond motifs is 1. The van der Waals surface area contributed by atoms with Gasteiger partial charge in [-0.3, -0.25) is 0 Å². The van der Waals surface area contributed by atoms with Crippen molar-refractivity contribution in [3.05, 3.63) is 35.8 Å². The lowest BCUT2D eigenvalue weighted by atomic mass is 10.2. The lowest BCUT2D eigenvalue weighted by molar-refractivity contribution is -0.137. The van der Waals surface area contributed by atoms with Crippen LogP contribution in [0.1, 0.15) is 11.3 Å². The van der Waals surface area contributed by atoms with E-state index in [1.54, 1.807) is 6.20 Å². The Bertz CT molecular complexity index is 493. The van der Waals surface area contributed by atoms with Crippen LogP contribution in [0.4, 0.5) is 13.2 Å². The van der Waals surface area contributed by atoms with Gasteiger partial charge in [-0.05, 0) is 12.1 Å². The second-order valence-electron chi connectivity index (χ2n) is 3.04. The molecule has 0 saturated carbocycles. The molecule has 88 valence electrons. The summed E-state index contributed by atoms with van der Waals surface area (Å²) in [6, 6.07) is 2.00. The maximum absolute atomic E-state index is 12.3. The molecule has 0 bridgehead atoms. The summed E-state index contributed by atoms with van der Waals surface area (Å²) in [4.78, 5) is 3.94. The first-order valence-corrected chi connectivity index (χ1v) is 4.65. The molecule has 0 amide bonds. The third-order valence-corrected chi connectivity index (χ3v) is 2.25.